The van der Waals surface area contributed by atoms with E-state index in [1.807, 2.05) is 11.9 Å². The number of hydrogen-bond donors (Lipinski definition) is 0. The minimum atomic E-state index is -4.54. The number of carbonyl (C=O) groups excluding carboxylic acids is 1. The molecular weight excluding hydrogens is 556 g/mol. The van der Waals surface area contributed by atoms with Gasteiger partial charge < -0.3 is 29.0 Å². The highest BCUT2D eigenvalue weighted by Gasteiger charge is 2.39. The van der Waals surface area contributed by atoms with Crippen LogP contribution in [0.3, 0.4) is 0 Å². The maximum atomic E-state index is 13.8. The number of halogens is 4. The SMILES string of the molecule is [C-]#[N+]C[C@H]1CN(c2nc(OC[C@@H]3CCCN3C)nc3c2CO[C@@H](c2ccccc2C(F)(F)F)C3)CCN1C(=O)C(=C)F. The molecule has 0 unspecified atom stereocenters. The van der Waals surface area contributed by atoms with Crippen molar-refractivity contribution >= 4 is 11.7 Å². The van der Waals surface area contributed by atoms with E-state index in [9.17, 15) is 22.4 Å². The fourth-order valence-corrected chi connectivity index (χ4v) is 5.89. The number of rotatable bonds is 7. The first-order chi connectivity index (χ1) is 20.1. The quantitative estimate of drug-likeness (QED) is 0.273. The maximum absolute atomic E-state index is 13.8. The van der Waals surface area contributed by atoms with Gasteiger partial charge in [0.1, 0.15) is 18.5 Å². The van der Waals surface area contributed by atoms with Crippen molar-refractivity contribution in [3.05, 3.63) is 70.5 Å². The number of amides is 1. The third-order valence-corrected chi connectivity index (χ3v) is 8.12. The summed E-state index contributed by atoms with van der Waals surface area (Å²) in [6.45, 7) is 12.3. The Hall–Kier alpha value is -3.76. The number of carbonyl (C=O) groups is 1. The van der Waals surface area contributed by atoms with Crippen LogP contribution in [0.4, 0.5) is 23.4 Å². The summed E-state index contributed by atoms with van der Waals surface area (Å²) in [5, 5.41) is 0. The zero-order chi connectivity index (χ0) is 30.0. The van der Waals surface area contributed by atoms with Crippen molar-refractivity contribution in [2.75, 3.05) is 51.3 Å². The second-order valence-corrected chi connectivity index (χ2v) is 10.8. The first kappa shape index (κ1) is 29.7. The zero-order valence-corrected chi connectivity index (χ0v) is 23.2. The molecule has 2 fully saturated rings. The molecule has 1 aromatic heterocycles. The molecule has 2 saturated heterocycles. The Balaban J connectivity index is 1.47. The van der Waals surface area contributed by atoms with Crippen molar-refractivity contribution in [2.24, 2.45) is 0 Å². The highest BCUT2D eigenvalue weighted by atomic mass is 19.4. The van der Waals surface area contributed by atoms with Crippen LogP contribution in [0.25, 0.3) is 4.85 Å². The molecule has 0 bridgehead atoms. The molecule has 13 heteroatoms. The lowest BCUT2D eigenvalue weighted by Gasteiger charge is -2.40. The Bertz CT molecular complexity index is 1380. The van der Waals surface area contributed by atoms with E-state index >= 15 is 0 Å². The minimum absolute atomic E-state index is 0.0292. The number of likely N-dealkylation sites (tertiary alicyclic amines) is 1. The molecule has 3 atom stereocenters. The maximum Gasteiger partial charge on any atom is 0.416 e. The largest absolute Gasteiger partial charge is 0.462 e. The molecule has 3 aliphatic heterocycles. The second kappa shape index (κ2) is 12.2. The van der Waals surface area contributed by atoms with Gasteiger partial charge in [0, 0.05) is 37.7 Å². The van der Waals surface area contributed by atoms with E-state index < -0.39 is 35.6 Å². The van der Waals surface area contributed by atoms with Crippen molar-refractivity contribution < 1.29 is 31.8 Å². The van der Waals surface area contributed by atoms with Crippen LogP contribution in [-0.2, 0) is 28.7 Å². The summed E-state index contributed by atoms with van der Waals surface area (Å²) in [6, 6.07) is 5.02. The summed E-state index contributed by atoms with van der Waals surface area (Å²) >= 11 is 0. The van der Waals surface area contributed by atoms with Crippen LogP contribution in [-0.4, -0.2) is 84.1 Å². The van der Waals surface area contributed by atoms with Crippen molar-refractivity contribution in [1.82, 2.24) is 19.8 Å². The number of benzene rings is 1. The van der Waals surface area contributed by atoms with Gasteiger partial charge in [-0.3, -0.25) is 4.79 Å². The van der Waals surface area contributed by atoms with Gasteiger partial charge in [-0.15, -0.1) is 0 Å². The topological polar surface area (TPSA) is 75.4 Å². The van der Waals surface area contributed by atoms with Crippen LogP contribution in [0.15, 0.2) is 36.7 Å². The van der Waals surface area contributed by atoms with Gasteiger partial charge in [0.25, 0.3) is 5.91 Å². The Kier molecular flexibility index (Phi) is 8.65. The van der Waals surface area contributed by atoms with Crippen molar-refractivity contribution in [2.45, 2.75) is 50.2 Å². The molecular formula is C29H32F4N6O3. The van der Waals surface area contributed by atoms with Gasteiger partial charge in [-0.25, -0.2) is 11.0 Å². The number of anilines is 1. The molecule has 3 aliphatic rings. The highest BCUT2D eigenvalue weighted by molar-refractivity contribution is 5.91. The third kappa shape index (κ3) is 6.19. The van der Waals surface area contributed by atoms with E-state index in [4.69, 9.17) is 21.0 Å². The molecule has 0 radical (unpaired) electrons. The highest BCUT2D eigenvalue weighted by Crippen LogP contribution is 2.40. The fourth-order valence-electron chi connectivity index (χ4n) is 5.89. The van der Waals surface area contributed by atoms with Crippen LogP contribution in [0.5, 0.6) is 6.01 Å². The molecule has 2 aromatic rings. The summed E-state index contributed by atoms with van der Waals surface area (Å²) in [5.41, 5.74) is 0.393. The molecule has 42 heavy (non-hydrogen) atoms. The molecule has 1 amide bonds. The first-order valence-corrected chi connectivity index (χ1v) is 13.8. The molecule has 1 aromatic carbocycles. The monoisotopic (exact) mass is 588 g/mol. The van der Waals surface area contributed by atoms with Gasteiger partial charge in [-0.05, 0) is 38.1 Å². The van der Waals surface area contributed by atoms with E-state index in [0.717, 1.165) is 25.5 Å². The fraction of sp³-hybridized carbons (Fsp3) is 0.517. The van der Waals surface area contributed by atoms with Crippen LogP contribution in [0.1, 0.15) is 41.3 Å². The predicted octanol–water partition coefficient (Wildman–Crippen LogP) is 4.20. The van der Waals surface area contributed by atoms with Gasteiger partial charge in [0.15, 0.2) is 5.83 Å². The van der Waals surface area contributed by atoms with E-state index in [-0.39, 0.29) is 56.8 Å². The number of hydrogen-bond acceptors (Lipinski definition) is 7. The van der Waals surface area contributed by atoms with E-state index in [1.165, 1.54) is 17.0 Å². The van der Waals surface area contributed by atoms with Gasteiger partial charge in [-0.2, -0.15) is 23.1 Å². The Morgan fingerprint density at radius 3 is 2.69 bits per heavy atom. The first-order valence-electron chi connectivity index (χ1n) is 13.8. The summed E-state index contributed by atoms with van der Waals surface area (Å²) in [4.78, 5) is 30.5. The molecule has 0 saturated carbocycles. The smallest absolute Gasteiger partial charge is 0.416 e. The zero-order valence-electron chi connectivity index (χ0n) is 23.2. The molecule has 9 nitrogen and oxygen atoms in total. The number of alkyl halides is 3. The standard InChI is InChI=1S/C29H32F4N6O3/c1-18(30)27(40)39-12-11-38(15-20(39)14-34-2)26-22-17-41-25(21-8-4-5-9-23(21)29(31,32)33)13-24(22)35-28(36-26)42-16-19-7-6-10-37(19)3/h4-5,8-9,19-20,25H,1,6-7,10-17H2,3H3/t19-,20-,25+/m0/s1. The van der Waals surface area contributed by atoms with Crippen LogP contribution < -0.4 is 9.64 Å². The lowest BCUT2D eigenvalue weighted by Crippen LogP contribution is -2.57. The normalized spacial score (nSPS) is 22.9. The van der Waals surface area contributed by atoms with Crippen molar-refractivity contribution in [1.29, 1.82) is 0 Å². The van der Waals surface area contributed by atoms with Crippen molar-refractivity contribution in [3.63, 3.8) is 0 Å². The van der Waals surface area contributed by atoms with Gasteiger partial charge in [0.2, 0.25) is 6.54 Å². The van der Waals surface area contributed by atoms with Crippen LogP contribution >= 0.6 is 0 Å². The van der Waals surface area contributed by atoms with E-state index in [0.29, 0.717) is 23.7 Å². The summed E-state index contributed by atoms with van der Waals surface area (Å²) < 4.78 is 67.1. The number of ether oxygens (including phenoxy) is 2. The number of fused-ring (bicyclic) bond motifs is 1. The molecule has 4 heterocycles. The molecule has 0 N–H and O–H groups in total. The van der Waals surface area contributed by atoms with Gasteiger partial charge in [0.05, 0.1) is 24.0 Å². The summed E-state index contributed by atoms with van der Waals surface area (Å²) in [7, 11) is 2.02. The lowest BCUT2D eigenvalue weighted by molar-refractivity contribution is -0.139. The average molecular weight is 589 g/mol. The van der Waals surface area contributed by atoms with Gasteiger partial charge >= 0.3 is 12.2 Å². The molecule has 0 spiro atoms. The van der Waals surface area contributed by atoms with Crippen molar-refractivity contribution in [3.8, 4) is 6.01 Å². The number of likely N-dealkylation sites (N-methyl/N-ethyl adjacent to an activating group) is 1. The summed E-state index contributed by atoms with van der Waals surface area (Å²) in [5.74, 6) is -1.48. The van der Waals surface area contributed by atoms with Crippen LogP contribution in [0.2, 0.25) is 0 Å². The van der Waals surface area contributed by atoms with Gasteiger partial charge in [-0.1, -0.05) is 24.8 Å². The Morgan fingerprint density at radius 1 is 1.21 bits per heavy atom. The second-order valence-electron chi connectivity index (χ2n) is 10.8. The molecule has 224 valence electrons. The molecule has 0 aliphatic carbocycles. The lowest BCUT2D eigenvalue weighted by atomic mass is 9.95. The molecule has 5 rings (SSSR count). The van der Waals surface area contributed by atoms with Crippen LogP contribution in [0, 0.1) is 6.57 Å². The number of aromatic nitrogens is 2. The Labute approximate surface area is 241 Å². The number of piperazine rings is 1. The third-order valence-electron chi connectivity index (χ3n) is 8.12. The predicted molar refractivity (Wildman–Crippen MR) is 145 cm³/mol. The Morgan fingerprint density at radius 2 is 2.00 bits per heavy atom. The van der Waals surface area contributed by atoms with E-state index in [1.54, 1.807) is 6.07 Å². The summed E-state index contributed by atoms with van der Waals surface area (Å²) in [6.07, 6.45) is -3.34. The number of nitrogens with zero attached hydrogens (tertiary/aromatic N) is 6. The minimum Gasteiger partial charge on any atom is -0.462 e. The average Bonchev–Trinajstić information content (AvgIpc) is 3.39. The van der Waals surface area contributed by atoms with E-state index in [2.05, 4.69) is 21.3 Å².